The first-order valence-corrected chi connectivity index (χ1v) is 4.13. The number of hydrogen-bond donors (Lipinski definition) is 0. The zero-order valence-electron chi connectivity index (χ0n) is 8.26. The highest BCUT2D eigenvalue weighted by molar-refractivity contribution is 6.34. The average Bonchev–Trinajstić information content (AvgIpc) is 2.02. The summed E-state index contributed by atoms with van der Waals surface area (Å²) >= 11 is 0. The molecule has 2 radical (unpaired) electrons. The average molecular weight is 176 g/mol. The molecule has 2 nitrogen and oxygen atoms in total. The van der Waals surface area contributed by atoms with E-state index < -0.39 is 0 Å². The van der Waals surface area contributed by atoms with Crippen molar-refractivity contribution in [2.45, 2.75) is 13.8 Å². The summed E-state index contributed by atoms with van der Waals surface area (Å²) in [5.74, 6) is 0.715. The Kier molecular flexibility index (Phi) is 3.37. The van der Waals surface area contributed by atoms with Gasteiger partial charge in [-0.2, -0.15) is 0 Å². The Balaban J connectivity index is 2.92. The second-order valence-corrected chi connectivity index (χ2v) is 3.05. The van der Waals surface area contributed by atoms with Crippen molar-refractivity contribution in [1.29, 1.82) is 0 Å². The molecular formula is C10H13BO2. The van der Waals surface area contributed by atoms with E-state index in [1.165, 1.54) is 0 Å². The molecule has 0 unspecified atom stereocenters. The molecule has 68 valence electrons. The second kappa shape index (κ2) is 4.33. The van der Waals surface area contributed by atoms with Gasteiger partial charge in [0.25, 0.3) is 0 Å². The predicted octanol–water partition coefficient (Wildman–Crippen LogP) is 1.08. The molecule has 3 heteroatoms. The SMILES string of the molecule is [B]c1cc(C)cc(C)c1OCOC. The van der Waals surface area contributed by atoms with Crippen LogP contribution in [0, 0.1) is 13.8 Å². The molecular weight excluding hydrogens is 163 g/mol. The first-order valence-electron chi connectivity index (χ1n) is 4.13. The highest BCUT2D eigenvalue weighted by Crippen LogP contribution is 2.15. The van der Waals surface area contributed by atoms with Crippen LogP contribution in [0.15, 0.2) is 12.1 Å². The van der Waals surface area contributed by atoms with E-state index in [4.69, 9.17) is 17.3 Å². The van der Waals surface area contributed by atoms with Crippen LogP contribution in [0.5, 0.6) is 5.75 Å². The lowest BCUT2D eigenvalue weighted by Crippen LogP contribution is -2.13. The molecule has 0 saturated carbocycles. The van der Waals surface area contributed by atoms with Crippen molar-refractivity contribution < 1.29 is 9.47 Å². The molecule has 0 aromatic heterocycles. The number of benzene rings is 1. The van der Waals surface area contributed by atoms with Gasteiger partial charge in [-0.15, -0.1) is 0 Å². The standard InChI is InChI=1S/C10H13BO2/c1-7-4-8(2)10(9(11)5-7)13-6-12-3/h4-5H,6H2,1-3H3. The molecule has 0 aliphatic carbocycles. The van der Waals surface area contributed by atoms with Crippen LogP contribution in [-0.4, -0.2) is 21.7 Å². The van der Waals surface area contributed by atoms with Crippen LogP contribution in [0.25, 0.3) is 0 Å². The molecule has 0 spiro atoms. The van der Waals surface area contributed by atoms with E-state index in [2.05, 4.69) is 0 Å². The molecule has 0 aliphatic rings. The Morgan fingerprint density at radius 3 is 2.54 bits per heavy atom. The van der Waals surface area contributed by atoms with Crippen LogP contribution in [-0.2, 0) is 4.74 Å². The summed E-state index contributed by atoms with van der Waals surface area (Å²) < 4.78 is 10.1. The van der Waals surface area contributed by atoms with Gasteiger partial charge >= 0.3 is 0 Å². The summed E-state index contributed by atoms with van der Waals surface area (Å²) in [6.45, 7) is 4.20. The molecule has 0 saturated heterocycles. The highest BCUT2D eigenvalue weighted by Gasteiger charge is 2.03. The molecule has 0 N–H and O–H groups in total. The van der Waals surface area contributed by atoms with Gasteiger partial charge in [0.05, 0.1) is 0 Å². The van der Waals surface area contributed by atoms with Crippen LogP contribution in [0.3, 0.4) is 0 Å². The highest BCUT2D eigenvalue weighted by atomic mass is 16.7. The monoisotopic (exact) mass is 176 g/mol. The minimum atomic E-state index is 0.230. The second-order valence-electron chi connectivity index (χ2n) is 3.05. The van der Waals surface area contributed by atoms with Crippen molar-refractivity contribution >= 4 is 13.3 Å². The Labute approximate surface area is 80.3 Å². The molecule has 1 rings (SSSR count). The van der Waals surface area contributed by atoms with Gasteiger partial charge in [0.15, 0.2) is 6.79 Å². The molecule has 1 aromatic carbocycles. The van der Waals surface area contributed by atoms with Gasteiger partial charge in [0, 0.05) is 7.11 Å². The fourth-order valence-corrected chi connectivity index (χ4v) is 1.30. The van der Waals surface area contributed by atoms with Crippen molar-refractivity contribution in [2.75, 3.05) is 13.9 Å². The van der Waals surface area contributed by atoms with Crippen molar-refractivity contribution in [3.05, 3.63) is 23.3 Å². The minimum Gasteiger partial charge on any atom is -0.468 e. The largest absolute Gasteiger partial charge is 0.468 e. The quantitative estimate of drug-likeness (QED) is 0.506. The van der Waals surface area contributed by atoms with E-state index in [9.17, 15) is 0 Å². The van der Waals surface area contributed by atoms with Crippen LogP contribution >= 0.6 is 0 Å². The van der Waals surface area contributed by atoms with Gasteiger partial charge < -0.3 is 9.47 Å². The zero-order valence-corrected chi connectivity index (χ0v) is 8.26. The number of ether oxygens (including phenoxy) is 2. The molecule has 0 heterocycles. The van der Waals surface area contributed by atoms with Crippen molar-refractivity contribution in [3.8, 4) is 5.75 Å². The predicted molar refractivity (Wildman–Crippen MR) is 53.8 cm³/mol. The molecule has 0 amide bonds. The Morgan fingerprint density at radius 1 is 1.31 bits per heavy atom. The molecule has 0 bridgehead atoms. The van der Waals surface area contributed by atoms with Crippen LogP contribution < -0.4 is 10.2 Å². The topological polar surface area (TPSA) is 18.5 Å². The van der Waals surface area contributed by atoms with Crippen molar-refractivity contribution in [3.63, 3.8) is 0 Å². The van der Waals surface area contributed by atoms with Gasteiger partial charge in [0.2, 0.25) is 0 Å². The van der Waals surface area contributed by atoms with Crippen molar-refractivity contribution in [2.24, 2.45) is 0 Å². The molecule has 0 fully saturated rings. The maximum absolute atomic E-state index is 5.78. The maximum Gasteiger partial charge on any atom is 0.188 e. The first kappa shape index (κ1) is 10.1. The molecule has 1 aromatic rings. The van der Waals surface area contributed by atoms with E-state index >= 15 is 0 Å². The Morgan fingerprint density at radius 2 is 2.00 bits per heavy atom. The number of hydrogen-bond acceptors (Lipinski definition) is 2. The fourth-order valence-electron chi connectivity index (χ4n) is 1.30. The summed E-state index contributed by atoms with van der Waals surface area (Å²) in [5.41, 5.74) is 2.84. The van der Waals surface area contributed by atoms with Crippen LogP contribution in [0.1, 0.15) is 11.1 Å². The third-order valence-corrected chi connectivity index (χ3v) is 1.77. The lowest BCUT2D eigenvalue weighted by atomic mass is 9.91. The molecule has 13 heavy (non-hydrogen) atoms. The van der Waals surface area contributed by atoms with E-state index in [1.807, 2.05) is 26.0 Å². The third kappa shape index (κ3) is 2.49. The summed E-state index contributed by atoms with van der Waals surface area (Å²) in [7, 11) is 7.37. The van der Waals surface area contributed by atoms with E-state index in [0.29, 0.717) is 11.2 Å². The third-order valence-electron chi connectivity index (χ3n) is 1.77. The van der Waals surface area contributed by atoms with E-state index in [0.717, 1.165) is 11.1 Å². The molecule has 0 aliphatic heterocycles. The van der Waals surface area contributed by atoms with Crippen LogP contribution in [0.2, 0.25) is 0 Å². The van der Waals surface area contributed by atoms with E-state index in [1.54, 1.807) is 7.11 Å². The van der Waals surface area contributed by atoms with E-state index in [-0.39, 0.29) is 6.79 Å². The van der Waals surface area contributed by atoms with Gasteiger partial charge in [-0.1, -0.05) is 23.2 Å². The summed E-state index contributed by atoms with van der Waals surface area (Å²) in [4.78, 5) is 0. The lowest BCUT2D eigenvalue weighted by Gasteiger charge is -2.12. The van der Waals surface area contributed by atoms with Gasteiger partial charge in [-0.3, -0.25) is 0 Å². The van der Waals surface area contributed by atoms with Gasteiger partial charge in [-0.25, -0.2) is 0 Å². The minimum absolute atomic E-state index is 0.230. The Hall–Kier alpha value is -0.955. The zero-order chi connectivity index (χ0) is 9.84. The molecule has 0 atom stereocenters. The number of rotatable bonds is 3. The van der Waals surface area contributed by atoms with Crippen LogP contribution in [0.4, 0.5) is 0 Å². The Bertz CT molecular complexity index is 274. The first-order chi connectivity index (χ1) is 6.15. The van der Waals surface area contributed by atoms with Gasteiger partial charge in [-0.05, 0) is 19.4 Å². The van der Waals surface area contributed by atoms with Crippen molar-refractivity contribution in [1.82, 2.24) is 0 Å². The smallest absolute Gasteiger partial charge is 0.188 e. The number of methoxy groups -OCH3 is 1. The maximum atomic E-state index is 5.78. The summed E-state index contributed by atoms with van der Waals surface area (Å²) in [6, 6.07) is 3.92. The van der Waals surface area contributed by atoms with Gasteiger partial charge in [0.1, 0.15) is 13.6 Å². The summed E-state index contributed by atoms with van der Waals surface area (Å²) in [6.07, 6.45) is 0. The fraction of sp³-hybridized carbons (Fsp3) is 0.400. The lowest BCUT2D eigenvalue weighted by molar-refractivity contribution is 0.0514. The normalized spacial score (nSPS) is 10.1. The summed E-state index contributed by atoms with van der Waals surface area (Å²) in [5, 5.41) is 0. The number of aryl methyl sites for hydroxylation is 2.